The van der Waals surface area contributed by atoms with E-state index >= 15 is 0 Å². The van der Waals surface area contributed by atoms with Gasteiger partial charge in [0.2, 0.25) is 6.23 Å². The number of nitrogen functional groups attached to an aromatic ring is 1. The van der Waals surface area contributed by atoms with Crippen LogP contribution in [0.3, 0.4) is 0 Å². The number of nitrogens with two attached hydrogens (primary N) is 1. The number of hydrogen-bond donors (Lipinski definition) is 3. The zero-order chi connectivity index (χ0) is 12.9. The third kappa shape index (κ3) is 1.32. The van der Waals surface area contributed by atoms with Gasteiger partial charge in [-0.05, 0) is 6.92 Å². The standard InChI is InChI=1S/C10H11N5O3/c1-4-6(16)7(17)10(18-4)15-3-14-5-8(11)12-2-13-9(5)15/h2-3,7,10,16-17H,1H3,(H2,11,12,13)/t7?,10-/m1/s1. The van der Waals surface area contributed by atoms with Gasteiger partial charge in [-0.2, -0.15) is 0 Å². The Morgan fingerprint density at radius 2 is 2.17 bits per heavy atom. The molecule has 0 bridgehead atoms. The van der Waals surface area contributed by atoms with E-state index in [-0.39, 0.29) is 17.3 Å². The Labute approximate surface area is 101 Å². The van der Waals surface area contributed by atoms with Gasteiger partial charge in [-0.1, -0.05) is 0 Å². The minimum Gasteiger partial charge on any atom is -0.506 e. The van der Waals surface area contributed by atoms with Crippen LogP contribution in [0.5, 0.6) is 0 Å². The van der Waals surface area contributed by atoms with Crippen molar-refractivity contribution < 1.29 is 14.9 Å². The molecule has 0 saturated heterocycles. The number of fused-ring (bicyclic) bond motifs is 1. The average Bonchev–Trinajstić information content (AvgIpc) is 2.88. The Hall–Kier alpha value is -2.35. The number of ether oxygens (including phenoxy) is 1. The van der Waals surface area contributed by atoms with E-state index < -0.39 is 12.3 Å². The van der Waals surface area contributed by atoms with Crippen LogP contribution >= 0.6 is 0 Å². The molecule has 4 N–H and O–H groups in total. The first kappa shape index (κ1) is 10.8. The molecule has 1 unspecified atom stereocenters. The van der Waals surface area contributed by atoms with Crippen LogP contribution in [0.15, 0.2) is 24.2 Å². The van der Waals surface area contributed by atoms with Crippen molar-refractivity contribution in [3.05, 3.63) is 24.2 Å². The number of hydrogen-bond acceptors (Lipinski definition) is 7. The van der Waals surface area contributed by atoms with Crippen molar-refractivity contribution in [2.45, 2.75) is 19.3 Å². The minimum atomic E-state index is -1.15. The number of anilines is 1. The largest absolute Gasteiger partial charge is 0.506 e. The second-order valence-corrected chi connectivity index (χ2v) is 3.98. The SMILES string of the molecule is CC1=C(O)C(O)[C@H](n2cnc3c(N)ncnc32)O1. The summed E-state index contributed by atoms with van der Waals surface area (Å²) in [5.74, 6) is 0.334. The molecule has 2 atom stereocenters. The fourth-order valence-corrected chi connectivity index (χ4v) is 1.91. The summed E-state index contributed by atoms with van der Waals surface area (Å²) in [5.41, 5.74) is 6.53. The normalized spacial score (nSPS) is 23.7. The van der Waals surface area contributed by atoms with E-state index in [0.717, 1.165) is 0 Å². The van der Waals surface area contributed by atoms with Gasteiger partial charge < -0.3 is 20.7 Å². The second-order valence-electron chi connectivity index (χ2n) is 3.98. The molecule has 94 valence electrons. The molecular weight excluding hydrogens is 238 g/mol. The highest BCUT2D eigenvalue weighted by molar-refractivity contribution is 5.81. The molecule has 3 heterocycles. The maximum Gasteiger partial charge on any atom is 0.211 e. The molecule has 1 aliphatic rings. The summed E-state index contributed by atoms with van der Waals surface area (Å²) < 4.78 is 6.88. The van der Waals surface area contributed by atoms with Crippen molar-refractivity contribution in [2.24, 2.45) is 0 Å². The van der Waals surface area contributed by atoms with Crippen LogP contribution in [-0.2, 0) is 4.74 Å². The van der Waals surface area contributed by atoms with Gasteiger partial charge in [0, 0.05) is 0 Å². The van der Waals surface area contributed by atoms with Crippen molar-refractivity contribution in [3.63, 3.8) is 0 Å². The van der Waals surface area contributed by atoms with Crippen LogP contribution in [0.2, 0.25) is 0 Å². The Balaban J connectivity index is 2.10. The summed E-state index contributed by atoms with van der Waals surface area (Å²) in [4.78, 5) is 11.9. The fourth-order valence-electron chi connectivity index (χ4n) is 1.91. The van der Waals surface area contributed by atoms with Crippen molar-refractivity contribution in [1.29, 1.82) is 0 Å². The Morgan fingerprint density at radius 3 is 2.83 bits per heavy atom. The van der Waals surface area contributed by atoms with E-state index in [9.17, 15) is 10.2 Å². The number of allylic oxidation sites excluding steroid dienone is 1. The molecule has 8 heteroatoms. The fraction of sp³-hybridized carbons (Fsp3) is 0.300. The summed E-state index contributed by atoms with van der Waals surface area (Å²) >= 11 is 0. The zero-order valence-corrected chi connectivity index (χ0v) is 9.48. The highest BCUT2D eigenvalue weighted by atomic mass is 16.5. The third-order valence-electron chi connectivity index (χ3n) is 2.87. The maximum absolute atomic E-state index is 9.87. The smallest absolute Gasteiger partial charge is 0.211 e. The van der Waals surface area contributed by atoms with Gasteiger partial charge in [0.05, 0.1) is 0 Å². The molecule has 8 nitrogen and oxygen atoms in total. The number of nitrogens with zero attached hydrogens (tertiary/aromatic N) is 4. The van der Waals surface area contributed by atoms with E-state index in [1.165, 1.54) is 17.2 Å². The monoisotopic (exact) mass is 249 g/mol. The highest BCUT2D eigenvalue weighted by Crippen LogP contribution is 2.32. The molecule has 0 saturated carbocycles. The van der Waals surface area contributed by atoms with Gasteiger partial charge in [0.25, 0.3) is 0 Å². The Kier molecular flexibility index (Phi) is 2.14. The van der Waals surface area contributed by atoms with Crippen molar-refractivity contribution in [3.8, 4) is 0 Å². The minimum absolute atomic E-state index is 0.191. The first-order valence-electron chi connectivity index (χ1n) is 5.27. The van der Waals surface area contributed by atoms with Crippen LogP contribution in [0, 0.1) is 0 Å². The van der Waals surface area contributed by atoms with Gasteiger partial charge in [0.15, 0.2) is 23.3 Å². The Bertz CT molecular complexity index is 650. The van der Waals surface area contributed by atoms with Crippen molar-refractivity contribution >= 4 is 17.0 Å². The number of imidazole rings is 1. The molecule has 3 rings (SSSR count). The van der Waals surface area contributed by atoms with Gasteiger partial charge in [-0.15, -0.1) is 0 Å². The molecule has 0 aliphatic carbocycles. The molecule has 0 amide bonds. The molecule has 0 fully saturated rings. The summed E-state index contributed by atoms with van der Waals surface area (Å²) in [6.07, 6.45) is 0.787. The van der Waals surface area contributed by atoms with E-state index in [4.69, 9.17) is 10.5 Å². The topological polar surface area (TPSA) is 119 Å². The lowest BCUT2D eigenvalue weighted by molar-refractivity contribution is -0.00548. The molecule has 0 aromatic carbocycles. The Morgan fingerprint density at radius 1 is 1.39 bits per heavy atom. The van der Waals surface area contributed by atoms with Gasteiger partial charge in [-0.3, -0.25) is 4.57 Å². The molecular formula is C10H11N5O3. The number of aliphatic hydroxyl groups is 2. The predicted molar refractivity (Wildman–Crippen MR) is 61.2 cm³/mol. The third-order valence-corrected chi connectivity index (χ3v) is 2.87. The summed E-state index contributed by atoms with van der Waals surface area (Å²) in [6, 6.07) is 0. The summed E-state index contributed by atoms with van der Waals surface area (Å²) in [5, 5.41) is 19.4. The predicted octanol–water partition coefficient (Wildman–Crippen LogP) is 0.0877. The van der Waals surface area contributed by atoms with Crippen LogP contribution in [0.25, 0.3) is 11.2 Å². The highest BCUT2D eigenvalue weighted by Gasteiger charge is 2.36. The van der Waals surface area contributed by atoms with E-state index in [0.29, 0.717) is 11.2 Å². The summed E-state index contributed by atoms with van der Waals surface area (Å²) in [6.45, 7) is 1.57. The number of rotatable bonds is 1. The van der Waals surface area contributed by atoms with E-state index in [1.54, 1.807) is 6.92 Å². The van der Waals surface area contributed by atoms with Gasteiger partial charge >= 0.3 is 0 Å². The van der Waals surface area contributed by atoms with Crippen molar-refractivity contribution in [1.82, 2.24) is 19.5 Å². The van der Waals surface area contributed by atoms with E-state index in [2.05, 4.69) is 15.0 Å². The molecule has 18 heavy (non-hydrogen) atoms. The maximum atomic E-state index is 9.87. The molecule has 0 radical (unpaired) electrons. The molecule has 2 aromatic rings. The average molecular weight is 249 g/mol. The zero-order valence-electron chi connectivity index (χ0n) is 9.48. The van der Waals surface area contributed by atoms with Crippen LogP contribution in [0.1, 0.15) is 13.2 Å². The molecule has 1 aliphatic heterocycles. The van der Waals surface area contributed by atoms with E-state index in [1.807, 2.05) is 0 Å². The lowest BCUT2D eigenvalue weighted by Crippen LogP contribution is -2.22. The molecule has 0 spiro atoms. The number of aromatic nitrogens is 4. The van der Waals surface area contributed by atoms with Crippen LogP contribution < -0.4 is 5.73 Å². The lowest BCUT2D eigenvalue weighted by atomic mass is 10.3. The number of aliphatic hydroxyl groups excluding tert-OH is 2. The first-order chi connectivity index (χ1) is 8.59. The first-order valence-corrected chi connectivity index (χ1v) is 5.27. The second kappa shape index (κ2) is 3.57. The van der Waals surface area contributed by atoms with Crippen molar-refractivity contribution in [2.75, 3.05) is 5.73 Å². The quantitative estimate of drug-likeness (QED) is 0.655. The van der Waals surface area contributed by atoms with Crippen LogP contribution in [-0.4, -0.2) is 35.8 Å². The molecule has 2 aromatic heterocycles. The lowest BCUT2D eigenvalue weighted by Gasteiger charge is -2.16. The van der Waals surface area contributed by atoms with Gasteiger partial charge in [0.1, 0.15) is 23.9 Å². The van der Waals surface area contributed by atoms with Crippen LogP contribution in [0.4, 0.5) is 5.82 Å². The van der Waals surface area contributed by atoms with Gasteiger partial charge in [-0.25, -0.2) is 15.0 Å². The summed E-state index contributed by atoms with van der Waals surface area (Å²) in [7, 11) is 0.